The number of rotatable bonds is 5. The topological polar surface area (TPSA) is 95.0 Å². The molecular weight excluding hydrogens is 210 g/mol. The summed E-state index contributed by atoms with van der Waals surface area (Å²) in [5, 5.41) is 21.8. The summed E-state index contributed by atoms with van der Waals surface area (Å²) < 4.78 is 0. The average molecular weight is 225 g/mol. The minimum Gasteiger partial charge on any atom is -0.396 e. The van der Waals surface area contributed by atoms with Crippen LogP contribution in [0.1, 0.15) is 36.3 Å². The molecule has 0 aliphatic heterocycles. The lowest BCUT2D eigenvalue weighted by Gasteiger charge is -2.36. The molecule has 2 N–H and O–H groups in total. The molecule has 1 fully saturated rings. The molecule has 1 amide bonds. The largest absolute Gasteiger partial charge is 0.396 e. The molecule has 0 atom stereocenters. The molecule has 1 heterocycles. The molecular formula is C9H15N5O2. The lowest BCUT2D eigenvalue weighted by molar-refractivity contribution is 0.0550. The van der Waals surface area contributed by atoms with Crippen molar-refractivity contribution in [2.24, 2.45) is 0 Å². The molecule has 0 unspecified atom stereocenters. The summed E-state index contributed by atoms with van der Waals surface area (Å²) in [5.74, 6) is -0.100. The van der Waals surface area contributed by atoms with Crippen LogP contribution in [0.3, 0.4) is 0 Å². The number of aliphatic hydroxyl groups is 1. The first-order valence-electron chi connectivity index (χ1n) is 5.48. The fourth-order valence-corrected chi connectivity index (χ4v) is 1.77. The fourth-order valence-electron chi connectivity index (χ4n) is 1.77. The average Bonchev–Trinajstić information content (AvgIpc) is 2.73. The number of aliphatic hydroxyl groups excluding tert-OH is 1. The third-order valence-electron chi connectivity index (χ3n) is 2.87. The van der Waals surface area contributed by atoms with E-state index in [1.165, 1.54) is 0 Å². The number of nitrogens with zero attached hydrogens (tertiary/aromatic N) is 4. The molecule has 0 radical (unpaired) electrons. The van der Waals surface area contributed by atoms with Crippen molar-refractivity contribution in [3.05, 3.63) is 5.82 Å². The highest BCUT2D eigenvalue weighted by Crippen LogP contribution is 2.25. The Bertz CT molecular complexity index is 336. The zero-order valence-electron chi connectivity index (χ0n) is 8.96. The molecule has 1 aliphatic rings. The van der Waals surface area contributed by atoms with E-state index in [2.05, 4.69) is 20.6 Å². The lowest BCUT2D eigenvalue weighted by Crippen LogP contribution is -2.45. The van der Waals surface area contributed by atoms with Crippen LogP contribution in [0.5, 0.6) is 0 Å². The quantitative estimate of drug-likeness (QED) is 0.709. The first-order valence-corrected chi connectivity index (χ1v) is 5.48. The molecule has 1 aromatic heterocycles. The zero-order chi connectivity index (χ0) is 11.4. The van der Waals surface area contributed by atoms with Gasteiger partial charge in [0.25, 0.3) is 11.7 Å². The second kappa shape index (κ2) is 5.02. The summed E-state index contributed by atoms with van der Waals surface area (Å²) in [5.41, 5.74) is 0. The van der Waals surface area contributed by atoms with Crippen LogP contribution in [0.4, 0.5) is 0 Å². The van der Waals surface area contributed by atoms with E-state index in [0.717, 1.165) is 19.3 Å². The number of aromatic amines is 1. The molecule has 0 aromatic carbocycles. The Kier molecular flexibility index (Phi) is 3.45. The number of hydrogen-bond acceptors (Lipinski definition) is 5. The van der Waals surface area contributed by atoms with E-state index in [1.807, 2.05) is 0 Å². The third kappa shape index (κ3) is 2.19. The predicted octanol–water partition coefficient (Wildman–Crippen LogP) is -0.423. The van der Waals surface area contributed by atoms with Crippen LogP contribution >= 0.6 is 0 Å². The lowest BCUT2D eigenvalue weighted by atomic mass is 9.91. The molecule has 2 rings (SSSR count). The number of amides is 1. The van der Waals surface area contributed by atoms with E-state index in [0.29, 0.717) is 13.0 Å². The Morgan fingerprint density at radius 3 is 2.88 bits per heavy atom. The molecule has 0 spiro atoms. The van der Waals surface area contributed by atoms with Crippen LogP contribution in [0.2, 0.25) is 0 Å². The van der Waals surface area contributed by atoms with Crippen LogP contribution in [-0.4, -0.2) is 55.7 Å². The highest BCUT2D eigenvalue weighted by atomic mass is 16.3. The van der Waals surface area contributed by atoms with Crippen LogP contribution in [-0.2, 0) is 0 Å². The van der Waals surface area contributed by atoms with Gasteiger partial charge in [-0.25, -0.2) is 0 Å². The van der Waals surface area contributed by atoms with Gasteiger partial charge >= 0.3 is 0 Å². The zero-order valence-corrected chi connectivity index (χ0v) is 8.96. The Labute approximate surface area is 92.8 Å². The smallest absolute Gasteiger partial charge is 0.295 e. The van der Waals surface area contributed by atoms with Gasteiger partial charge < -0.3 is 10.0 Å². The highest BCUT2D eigenvalue weighted by Gasteiger charge is 2.30. The van der Waals surface area contributed by atoms with Gasteiger partial charge in [0.2, 0.25) is 0 Å². The van der Waals surface area contributed by atoms with Crippen molar-refractivity contribution in [3.8, 4) is 0 Å². The maximum atomic E-state index is 12.0. The monoisotopic (exact) mass is 225 g/mol. The molecule has 1 aromatic rings. The minimum atomic E-state index is -0.202. The first kappa shape index (κ1) is 11.0. The van der Waals surface area contributed by atoms with Gasteiger partial charge in [-0.15, -0.1) is 10.2 Å². The van der Waals surface area contributed by atoms with Crippen molar-refractivity contribution in [2.75, 3.05) is 13.2 Å². The van der Waals surface area contributed by atoms with E-state index < -0.39 is 0 Å². The van der Waals surface area contributed by atoms with Crippen molar-refractivity contribution >= 4 is 5.91 Å². The Balaban J connectivity index is 2.02. The second-order valence-electron chi connectivity index (χ2n) is 3.90. The number of aromatic nitrogens is 4. The Hall–Kier alpha value is -1.50. The van der Waals surface area contributed by atoms with Gasteiger partial charge in [0.05, 0.1) is 0 Å². The summed E-state index contributed by atoms with van der Waals surface area (Å²) >= 11 is 0. The van der Waals surface area contributed by atoms with Crippen molar-refractivity contribution < 1.29 is 9.90 Å². The molecule has 1 saturated carbocycles. The predicted molar refractivity (Wildman–Crippen MR) is 54.6 cm³/mol. The number of carbonyl (C=O) groups is 1. The van der Waals surface area contributed by atoms with Gasteiger partial charge in [0, 0.05) is 19.2 Å². The normalized spacial score (nSPS) is 15.8. The molecule has 0 bridgehead atoms. The van der Waals surface area contributed by atoms with E-state index in [9.17, 15) is 4.79 Å². The van der Waals surface area contributed by atoms with Gasteiger partial charge in [0.1, 0.15) is 0 Å². The SMILES string of the molecule is O=C(c1nn[nH]n1)N(CCCO)C1CCC1. The summed E-state index contributed by atoms with van der Waals surface area (Å²) in [6, 6.07) is 0.276. The fraction of sp³-hybridized carbons (Fsp3) is 0.778. The third-order valence-corrected chi connectivity index (χ3v) is 2.87. The summed E-state index contributed by atoms with van der Waals surface area (Å²) in [6.45, 7) is 0.636. The molecule has 1 aliphatic carbocycles. The number of hydrogen-bond donors (Lipinski definition) is 2. The standard InChI is InChI=1S/C9H15N5O2/c15-6-2-5-14(7-3-1-4-7)9(16)8-10-12-13-11-8/h7,15H,1-6H2,(H,10,11,12,13). The van der Waals surface area contributed by atoms with Gasteiger partial charge in [0.15, 0.2) is 0 Å². The number of carbonyl (C=O) groups excluding carboxylic acids is 1. The van der Waals surface area contributed by atoms with Crippen LogP contribution < -0.4 is 0 Å². The Morgan fingerprint density at radius 2 is 2.38 bits per heavy atom. The van der Waals surface area contributed by atoms with E-state index in [-0.39, 0.29) is 24.4 Å². The maximum Gasteiger partial charge on any atom is 0.295 e. The molecule has 7 nitrogen and oxygen atoms in total. The van der Waals surface area contributed by atoms with Crippen molar-refractivity contribution in [1.29, 1.82) is 0 Å². The van der Waals surface area contributed by atoms with Crippen molar-refractivity contribution in [2.45, 2.75) is 31.7 Å². The van der Waals surface area contributed by atoms with Gasteiger partial charge in [-0.1, -0.05) is 0 Å². The van der Waals surface area contributed by atoms with Gasteiger partial charge in [-0.05, 0) is 30.9 Å². The summed E-state index contributed by atoms with van der Waals surface area (Å²) in [6.07, 6.45) is 3.78. The van der Waals surface area contributed by atoms with Crippen molar-refractivity contribution in [3.63, 3.8) is 0 Å². The number of tetrazole rings is 1. The minimum absolute atomic E-state index is 0.0861. The molecule has 0 saturated heterocycles. The van der Waals surface area contributed by atoms with Crippen molar-refractivity contribution in [1.82, 2.24) is 25.5 Å². The van der Waals surface area contributed by atoms with Gasteiger partial charge in [-0.2, -0.15) is 5.21 Å². The van der Waals surface area contributed by atoms with E-state index >= 15 is 0 Å². The molecule has 7 heteroatoms. The van der Waals surface area contributed by atoms with Crippen LogP contribution in [0, 0.1) is 0 Å². The van der Waals surface area contributed by atoms with E-state index in [4.69, 9.17) is 5.11 Å². The summed E-state index contributed by atoms with van der Waals surface area (Å²) in [4.78, 5) is 13.7. The Morgan fingerprint density at radius 1 is 1.56 bits per heavy atom. The maximum absolute atomic E-state index is 12.0. The summed E-state index contributed by atoms with van der Waals surface area (Å²) in [7, 11) is 0. The number of H-pyrrole nitrogens is 1. The molecule has 16 heavy (non-hydrogen) atoms. The number of nitrogens with one attached hydrogen (secondary N) is 1. The second-order valence-corrected chi connectivity index (χ2v) is 3.90. The van der Waals surface area contributed by atoms with Gasteiger partial charge in [-0.3, -0.25) is 4.79 Å². The van der Waals surface area contributed by atoms with E-state index in [1.54, 1.807) is 4.90 Å². The van der Waals surface area contributed by atoms with Crippen LogP contribution in [0.25, 0.3) is 0 Å². The highest BCUT2D eigenvalue weighted by molar-refractivity contribution is 5.90. The first-order chi connectivity index (χ1) is 7.83. The molecule has 88 valence electrons. The van der Waals surface area contributed by atoms with Crippen LogP contribution in [0.15, 0.2) is 0 Å².